The van der Waals surface area contributed by atoms with Gasteiger partial charge >= 0.3 is 6.18 Å². The molecule has 0 spiro atoms. The Morgan fingerprint density at radius 3 is 2.65 bits per heavy atom. The SMILES string of the molecule is COc1cc(N2CCN(C3CCOCC3)CC2)ccc1Nc1ncc(C(F)(F)F)c(NCc2cccc3c2CC(=O)N3)n1. The fourth-order valence-corrected chi connectivity index (χ4v) is 5.94. The summed E-state index contributed by atoms with van der Waals surface area (Å²) >= 11 is 0. The molecule has 2 fully saturated rings. The number of carbonyl (C=O) groups is 1. The van der Waals surface area contributed by atoms with Gasteiger partial charge in [0.2, 0.25) is 11.9 Å². The van der Waals surface area contributed by atoms with Gasteiger partial charge in [-0.25, -0.2) is 4.98 Å². The molecule has 2 saturated heterocycles. The van der Waals surface area contributed by atoms with Crippen LogP contribution in [-0.4, -0.2) is 73.3 Å². The first-order chi connectivity index (χ1) is 20.8. The third-order valence-electron chi connectivity index (χ3n) is 8.24. The summed E-state index contributed by atoms with van der Waals surface area (Å²) in [6, 6.07) is 11.6. The number of amides is 1. The van der Waals surface area contributed by atoms with Crippen LogP contribution in [0.1, 0.15) is 29.5 Å². The maximum Gasteiger partial charge on any atom is 0.421 e. The van der Waals surface area contributed by atoms with Gasteiger partial charge in [-0.2, -0.15) is 18.2 Å². The number of piperazine rings is 1. The van der Waals surface area contributed by atoms with Crippen LogP contribution >= 0.6 is 0 Å². The maximum atomic E-state index is 13.8. The van der Waals surface area contributed by atoms with Gasteiger partial charge in [0.1, 0.15) is 17.1 Å². The van der Waals surface area contributed by atoms with E-state index in [-0.39, 0.29) is 30.6 Å². The molecule has 0 bridgehead atoms. The Morgan fingerprint density at radius 1 is 1.12 bits per heavy atom. The number of fused-ring (bicyclic) bond motifs is 1. The number of rotatable bonds is 8. The molecule has 1 amide bonds. The molecule has 0 saturated carbocycles. The average molecular weight is 598 g/mol. The number of aromatic nitrogens is 2. The first kappa shape index (κ1) is 29.0. The molecule has 43 heavy (non-hydrogen) atoms. The van der Waals surface area contributed by atoms with Crippen LogP contribution in [0.5, 0.6) is 5.75 Å². The highest BCUT2D eigenvalue weighted by molar-refractivity contribution is 5.99. The van der Waals surface area contributed by atoms with Crippen LogP contribution in [0.3, 0.4) is 0 Å². The number of hydrogen-bond acceptors (Lipinski definition) is 9. The van der Waals surface area contributed by atoms with Crippen molar-refractivity contribution in [2.24, 2.45) is 0 Å². The Hall–Kier alpha value is -4.10. The number of hydrogen-bond donors (Lipinski definition) is 3. The summed E-state index contributed by atoms with van der Waals surface area (Å²) in [6.07, 6.45) is -1.58. The Morgan fingerprint density at radius 2 is 1.91 bits per heavy atom. The highest BCUT2D eigenvalue weighted by atomic mass is 19.4. The van der Waals surface area contributed by atoms with E-state index in [1.165, 1.54) is 0 Å². The molecular formula is C30H34F3N7O3. The second-order valence-corrected chi connectivity index (χ2v) is 10.9. The van der Waals surface area contributed by atoms with Crippen LogP contribution in [0.15, 0.2) is 42.6 Å². The molecule has 10 nitrogen and oxygen atoms in total. The number of carbonyl (C=O) groups excluding carboxylic acids is 1. The van der Waals surface area contributed by atoms with Crippen molar-refractivity contribution in [3.8, 4) is 5.75 Å². The van der Waals surface area contributed by atoms with Crippen molar-refractivity contribution in [3.63, 3.8) is 0 Å². The molecule has 3 N–H and O–H groups in total. The van der Waals surface area contributed by atoms with Crippen molar-refractivity contribution in [2.45, 2.75) is 38.0 Å². The zero-order valence-corrected chi connectivity index (χ0v) is 23.8. The zero-order valence-electron chi connectivity index (χ0n) is 23.8. The monoisotopic (exact) mass is 597 g/mol. The minimum absolute atomic E-state index is 0.0123. The van der Waals surface area contributed by atoms with E-state index in [1.54, 1.807) is 25.3 Å². The molecule has 228 valence electrons. The fraction of sp³-hybridized carbons (Fsp3) is 0.433. The van der Waals surface area contributed by atoms with Gasteiger partial charge in [-0.3, -0.25) is 9.69 Å². The molecule has 4 heterocycles. The summed E-state index contributed by atoms with van der Waals surface area (Å²) < 4.78 is 52.7. The van der Waals surface area contributed by atoms with Gasteiger partial charge in [-0.1, -0.05) is 12.1 Å². The quantitative estimate of drug-likeness (QED) is 0.342. The van der Waals surface area contributed by atoms with Gasteiger partial charge in [0.15, 0.2) is 0 Å². The molecular weight excluding hydrogens is 563 g/mol. The largest absolute Gasteiger partial charge is 0.494 e. The first-order valence-electron chi connectivity index (χ1n) is 14.4. The summed E-state index contributed by atoms with van der Waals surface area (Å²) in [7, 11) is 1.55. The summed E-state index contributed by atoms with van der Waals surface area (Å²) in [4.78, 5) is 24.8. The average Bonchev–Trinajstić information content (AvgIpc) is 3.41. The third-order valence-corrected chi connectivity index (χ3v) is 8.24. The molecule has 0 radical (unpaired) electrons. The van der Waals surface area contributed by atoms with Gasteiger partial charge < -0.3 is 30.3 Å². The highest BCUT2D eigenvalue weighted by Gasteiger charge is 2.35. The standard InChI is InChI=1S/C30H34F3N7O3/c1-42-26-15-21(40-11-9-39(10-12-40)20-7-13-43-14-8-20)5-6-25(26)37-29-35-18-23(30(31,32)33)28(38-29)34-17-19-3-2-4-24-22(19)16-27(41)36-24/h2-6,15,18,20H,7-14,16-17H2,1H3,(H,36,41)(H2,34,35,37,38). The summed E-state index contributed by atoms with van der Waals surface area (Å²) in [5, 5.41) is 8.59. The molecule has 0 aliphatic carbocycles. The number of ether oxygens (including phenoxy) is 2. The van der Waals surface area contributed by atoms with Crippen molar-refractivity contribution in [1.29, 1.82) is 0 Å². The van der Waals surface area contributed by atoms with E-state index in [1.807, 2.05) is 18.2 Å². The first-order valence-corrected chi connectivity index (χ1v) is 14.4. The summed E-state index contributed by atoms with van der Waals surface area (Å²) in [5.41, 5.74) is 2.69. The molecule has 2 aromatic carbocycles. The van der Waals surface area contributed by atoms with Crippen LogP contribution in [0.2, 0.25) is 0 Å². The molecule has 0 unspecified atom stereocenters. The maximum absolute atomic E-state index is 13.8. The highest BCUT2D eigenvalue weighted by Crippen LogP contribution is 2.36. The van der Waals surface area contributed by atoms with Crippen LogP contribution in [0.25, 0.3) is 0 Å². The van der Waals surface area contributed by atoms with E-state index >= 15 is 0 Å². The predicted octanol–water partition coefficient (Wildman–Crippen LogP) is 4.66. The lowest BCUT2D eigenvalue weighted by atomic mass is 10.0. The van der Waals surface area contributed by atoms with Gasteiger partial charge in [-0.15, -0.1) is 0 Å². The smallest absolute Gasteiger partial charge is 0.421 e. The third kappa shape index (κ3) is 6.47. The van der Waals surface area contributed by atoms with Crippen LogP contribution in [0, 0.1) is 0 Å². The number of halogens is 3. The minimum atomic E-state index is -4.66. The Labute approximate surface area is 247 Å². The van der Waals surface area contributed by atoms with Crippen LogP contribution < -0.4 is 25.6 Å². The van der Waals surface area contributed by atoms with Crippen molar-refractivity contribution < 1.29 is 27.4 Å². The molecule has 6 rings (SSSR count). The Bertz CT molecular complexity index is 1470. The topological polar surface area (TPSA) is 104 Å². The van der Waals surface area contributed by atoms with E-state index in [0.29, 0.717) is 28.7 Å². The molecule has 0 atom stereocenters. The summed E-state index contributed by atoms with van der Waals surface area (Å²) in [6.45, 7) is 5.42. The van der Waals surface area contributed by atoms with Gasteiger partial charge in [0.05, 0.1) is 19.2 Å². The number of alkyl halides is 3. The van der Waals surface area contributed by atoms with Gasteiger partial charge in [-0.05, 0) is 42.2 Å². The number of benzene rings is 2. The van der Waals surface area contributed by atoms with E-state index in [2.05, 4.69) is 35.7 Å². The molecule has 1 aromatic heterocycles. The van der Waals surface area contributed by atoms with E-state index in [0.717, 1.165) is 69.7 Å². The van der Waals surface area contributed by atoms with E-state index in [9.17, 15) is 18.0 Å². The normalized spacial score (nSPS) is 17.9. The summed E-state index contributed by atoms with van der Waals surface area (Å²) in [5.74, 6) is 0.00294. The predicted molar refractivity (Wildman–Crippen MR) is 157 cm³/mol. The van der Waals surface area contributed by atoms with Crippen molar-refractivity contribution in [2.75, 3.05) is 67.4 Å². The van der Waals surface area contributed by atoms with E-state index < -0.39 is 11.7 Å². The van der Waals surface area contributed by atoms with Crippen LogP contribution in [-0.2, 0) is 28.7 Å². The number of anilines is 5. The van der Waals surface area contributed by atoms with Crippen molar-refractivity contribution >= 4 is 34.7 Å². The number of nitrogens with one attached hydrogen (secondary N) is 3. The molecule has 3 aliphatic rings. The van der Waals surface area contributed by atoms with Crippen molar-refractivity contribution in [3.05, 3.63) is 59.3 Å². The lowest BCUT2D eigenvalue weighted by molar-refractivity contribution is -0.137. The lowest BCUT2D eigenvalue weighted by Gasteiger charge is -2.41. The van der Waals surface area contributed by atoms with Gasteiger partial charge in [0, 0.05) is 75.6 Å². The molecule has 3 aliphatic heterocycles. The van der Waals surface area contributed by atoms with Crippen molar-refractivity contribution in [1.82, 2.24) is 14.9 Å². The Balaban J connectivity index is 1.16. The fourth-order valence-electron chi connectivity index (χ4n) is 5.94. The number of methoxy groups -OCH3 is 1. The lowest BCUT2D eigenvalue weighted by Crippen LogP contribution is -2.51. The Kier molecular flexibility index (Phi) is 8.26. The minimum Gasteiger partial charge on any atom is -0.494 e. The number of nitrogens with zero attached hydrogens (tertiary/aromatic N) is 4. The van der Waals surface area contributed by atoms with Crippen LogP contribution in [0.4, 0.5) is 42.0 Å². The molecule has 13 heteroatoms. The zero-order chi connectivity index (χ0) is 30.0. The van der Waals surface area contributed by atoms with Gasteiger partial charge in [0.25, 0.3) is 0 Å². The second-order valence-electron chi connectivity index (χ2n) is 10.9. The van der Waals surface area contributed by atoms with E-state index in [4.69, 9.17) is 9.47 Å². The second kappa shape index (κ2) is 12.3. The molecule has 3 aromatic rings.